The Labute approximate surface area is 98.4 Å². The number of hydrogen-bond acceptors (Lipinski definition) is 3. The lowest BCUT2D eigenvalue weighted by Crippen LogP contribution is -2.43. The molecule has 1 aliphatic rings. The zero-order valence-corrected chi connectivity index (χ0v) is 9.60. The van der Waals surface area contributed by atoms with Gasteiger partial charge in [0.1, 0.15) is 11.5 Å². The maximum atomic E-state index is 12.0. The number of hydrogen-bond donors (Lipinski definition) is 1. The van der Waals surface area contributed by atoms with Crippen molar-refractivity contribution in [3.05, 3.63) is 34.2 Å². The van der Waals surface area contributed by atoms with Crippen LogP contribution in [0.5, 0.6) is 0 Å². The van der Waals surface area contributed by atoms with Gasteiger partial charge in [-0.2, -0.15) is 0 Å². The molecule has 1 unspecified atom stereocenters. The van der Waals surface area contributed by atoms with Crippen LogP contribution in [0.1, 0.15) is 23.8 Å². The average molecular weight is 234 g/mol. The zero-order chi connectivity index (χ0) is 12.4. The van der Waals surface area contributed by atoms with Gasteiger partial charge < -0.3 is 9.88 Å². The Hall–Kier alpha value is -1.91. The number of nitrogens with zero attached hydrogens (tertiary/aromatic N) is 1. The number of piperidine rings is 1. The number of likely N-dealkylation sites (tertiary alicyclic amines) is 1. The van der Waals surface area contributed by atoms with Crippen LogP contribution in [0.4, 0.5) is 0 Å². The zero-order valence-electron chi connectivity index (χ0n) is 9.60. The molecule has 1 fully saturated rings. The van der Waals surface area contributed by atoms with Gasteiger partial charge in [-0.15, -0.1) is 0 Å². The van der Waals surface area contributed by atoms with Gasteiger partial charge in [-0.1, -0.05) is 13.0 Å². The van der Waals surface area contributed by atoms with E-state index >= 15 is 0 Å². The van der Waals surface area contributed by atoms with Crippen LogP contribution in [0.15, 0.2) is 23.0 Å². The molecule has 1 amide bonds. The van der Waals surface area contributed by atoms with Gasteiger partial charge in [-0.05, 0) is 6.07 Å². The summed E-state index contributed by atoms with van der Waals surface area (Å²) in [7, 11) is 0. The SMILES string of the molecule is CC1CN(C(=O)c2cccc(=O)[nH]2)CCC1=O. The summed E-state index contributed by atoms with van der Waals surface area (Å²) in [5, 5.41) is 0. The highest BCUT2D eigenvalue weighted by atomic mass is 16.2. The van der Waals surface area contributed by atoms with Crippen molar-refractivity contribution in [3.63, 3.8) is 0 Å². The molecular weight excluding hydrogens is 220 g/mol. The summed E-state index contributed by atoms with van der Waals surface area (Å²) in [6.07, 6.45) is 0.393. The topological polar surface area (TPSA) is 70.2 Å². The third kappa shape index (κ3) is 2.43. The molecule has 1 N–H and O–H groups in total. The Kier molecular flexibility index (Phi) is 3.08. The van der Waals surface area contributed by atoms with E-state index in [1.54, 1.807) is 17.0 Å². The number of nitrogens with one attached hydrogen (secondary N) is 1. The van der Waals surface area contributed by atoms with Crippen LogP contribution >= 0.6 is 0 Å². The lowest BCUT2D eigenvalue weighted by molar-refractivity contribution is -0.124. The molecule has 0 aliphatic carbocycles. The monoisotopic (exact) mass is 234 g/mol. The Bertz CT molecular complexity index is 506. The molecule has 5 heteroatoms. The molecule has 1 saturated heterocycles. The number of pyridine rings is 1. The normalized spacial score (nSPS) is 20.4. The molecular formula is C12H14N2O3. The third-order valence-electron chi connectivity index (χ3n) is 2.96. The number of Topliss-reactive ketones (excluding diaryl/α,β-unsaturated/α-hetero) is 1. The quantitative estimate of drug-likeness (QED) is 0.765. The van der Waals surface area contributed by atoms with E-state index in [0.717, 1.165) is 0 Å². The molecule has 1 aliphatic heterocycles. The van der Waals surface area contributed by atoms with Gasteiger partial charge >= 0.3 is 0 Å². The van der Waals surface area contributed by atoms with Crippen LogP contribution in [0.25, 0.3) is 0 Å². The van der Waals surface area contributed by atoms with Crippen LogP contribution in [0, 0.1) is 5.92 Å². The molecule has 1 aromatic heterocycles. The Morgan fingerprint density at radius 2 is 2.18 bits per heavy atom. The largest absolute Gasteiger partial charge is 0.336 e. The van der Waals surface area contributed by atoms with Crippen molar-refractivity contribution in [1.82, 2.24) is 9.88 Å². The summed E-state index contributed by atoms with van der Waals surface area (Å²) in [5.41, 5.74) is -0.0176. The van der Waals surface area contributed by atoms with E-state index in [2.05, 4.69) is 4.98 Å². The predicted molar refractivity (Wildman–Crippen MR) is 61.8 cm³/mol. The molecule has 2 heterocycles. The maximum absolute atomic E-state index is 12.0. The fraction of sp³-hybridized carbons (Fsp3) is 0.417. The second-order valence-corrected chi connectivity index (χ2v) is 4.30. The molecule has 17 heavy (non-hydrogen) atoms. The second-order valence-electron chi connectivity index (χ2n) is 4.30. The predicted octanol–water partition coefficient (Wildman–Crippen LogP) is 0.426. The standard InChI is InChI=1S/C12H14N2O3/c1-8-7-14(6-5-10(8)15)12(17)9-3-2-4-11(16)13-9/h2-4,8H,5-7H2,1H3,(H,13,16). The fourth-order valence-electron chi connectivity index (χ4n) is 1.94. The number of amides is 1. The van der Waals surface area contributed by atoms with Crippen molar-refractivity contribution in [3.8, 4) is 0 Å². The van der Waals surface area contributed by atoms with E-state index in [1.165, 1.54) is 6.07 Å². The summed E-state index contributed by atoms with van der Waals surface area (Å²) in [6.45, 7) is 2.67. The van der Waals surface area contributed by atoms with Gasteiger partial charge in [-0.25, -0.2) is 0 Å². The average Bonchev–Trinajstić information content (AvgIpc) is 2.32. The summed E-state index contributed by atoms with van der Waals surface area (Å²) in [4.78, 5) is 38.6. The molecule has 1 aromatic rings. The minimum atomic E-state index is -0.294. The first-order chi connectivity index (χ1) is 8.08. The first-order valence-electron chi connectivity index (χ1n) is 5.59. The second kappa shape index (κ2) is 4.53. The molecule has 0 bridgehead atoms. The highest BCUT2D eigenvalue weighted by Crippen LogP contribution is 2.14. The van der Waals surface area contributed by atoms with E-state index in [1.807, 2.05) is 6.92 Å². The van der Waals surface area contributed by atoms with Crippen molar-refractivity contribution in [2.45, 2.75) is 13.3 Å². The van der Waals surface area contributed by atoms with Crippen molar-refractivity contribution < 1.29 is 9.59 Å². The number of aromatic nitrogens is 1. The van der Waals surface area contributed by atoms with Crippen LogP contribution in [-0.4, -0.2) is 34.7 Å². The molecule has 90 valence electrons. The number of carbonyl (C=O) groups excluding carboxylic acids is 2. The lowest BCUT2D eigenvalue weighted by Gasteiger charge is -2.29. The Morgan fingerprint density at radius 1 is 1.41 bits per heavy atom. The van der Waals surface area contributed by atoms with Gasteiger partial charge in [0.2, 0.25) is 5.56 Å². The van der Waals surface area contributed by atoms with Gasteiger partial charge in [0.25, 0.3) is 5.91 Å². The highest BCUT2D eigenvalue weighted by Gasteiger charge is 2.27. The summed E-state index contributed by atoms with van der Waals surface area (Å²) in [5.74, 6) is -0.152. The van der Waals surface area contributed by atoms with Gasteiger partial charge in [-0.3, -0.25) is 14.4 Å². The summed E-state index contributed by atoms with van der Waals surface area (Å²) in [6, 6.07) is 4.48. The van der Waals surface area contributed by atoms with Crippen LogP contribution in [0.2, 0.25) is 0 Å². The van der Waals surface area contributed by atoms with Crippen molar-refractivity contribution >= 4 is 11.7 Å². The smallest absolute Gasteiger partial charge is 0.270 e. The maximum Gasteiger partial charge on any atom is 0.270 e. The Morgan fingerprint density at radius 3 is 2.82 bits per heavy atom. The number of rotatable bonds is 1. The molecule has 0 saturated carbocycles. The summed E-state index contributed by atoms with van der Waals surface area (Å²) < 4.78 is 0. The van der Waals surface area contributed by atoms with E-state index < -0.39 is 0 Å². The highest BCUT2D eigenvalue weighted by molar-refractivity contribution is 5.94. The molecule has 5 nitrogen and oxygen atoms in total. The van der Waals surface area contributed by atoms with Gasteiger partial charge in [0.15, 0.2) is 0 Å². The minimum Gasteiger partial charge on any atom is -0.336 e. The van der Waals surface area contributed by atoms with Crippen molar-refractivity contribution in [2.75, 3.05) is 13.1 Å². The fourth-order valence-corrected chi connectivity index (χ4v) is 1.94. The van der Waals surface area contributed by atoms with Crippen LogP contribution in [0.3, 0.4) is 0 Å². The lowest BCUT2D eigenvalue weighted by atomic mass is 9.98. The van der Waals surface area contributed by atoms with Crippen molar-refractivity contribution in [1.29, 1.82) is 0 Å². The summed E-state index contributed by atoms with van der Waals surface area (Å²) >= 11 is 0. The number of H-pyrrole nitrogens is 1. The van der Waals surface area contributed by atoms with E-state index in [9.17, 15) is 14.4 Å². The van der Waals surface area contributed by atoms with Gasteiger partial charge in [0.05, 0.1) is 0 Å². The van der Waals surface area contributed by atoms with Crippen LogP contribution in [-0.2, 0) is 4.79 Å². The molecule has 2 rings (SSSR count). The van der Waals surface area contributed by atoms with E-state index in [-0.39, 0.29) is 28.9 Å². The van der Waals surface area contributed by atoms with Gasteiger partial charge in [0, 0.05) is 31.5 Å². The van der Waals surface area contributed by atoms with Crippen molar-refractivity contribution in [2.24, 2.45) is 5.92 Å². The van der Waals surface area contributed by atoms with E-state index in [4.69, 9.17) is 0 Å². The third-order valence-corrected chi connectivity index (χ3v) is 2.96. The number of carbonyl (C=O) groups is 2. The van der Waals surface area contributed by atoms with Crippen LogP contribution < -0.4 is 5.56 Å². The number of aromatic amines is 1. The first-order valence-corrected chi connectivity index (χ1v) is 5.59. The Balaban J connectivity index is 2.16. The van der Waals surface area contributed by atoms with E-state index in [0.29, 0.717) is 19.5 Å². The molecule has 0 aromatic carbocycles. The molecule has 1 atom stereocenters. The number of ketones is 1. The molecule has 0 radical (unpaired) electrons. The molecule has 0 spiro atoms. The minimum absolute atomic E-state index is 0.122. The first kappa shape index (κ1) is 11.6.